The highest BCUT2D eigenvalue weighted by Crippen LogP contribution is 2.44. The van der Waals surface area contributed by atoms with Crippen LogP contribution >= 0.6 is 0 Å². The summed E-state index contributed by atoms with van der Waals surface area (Å²) >= 11 is 0. The number of hydrogen-bond donors (Lipinski definition) is 0. The van der Waals surface area contributed by atoms with E-state index in [0.717, 1.165) is 62.0 Å². The lowest BCUT2D eigenvalue weighted by atomic mass is 9.96. The molecule has 0 spiro atoms. The minimum absolute atomic E-state index is 1.09. The van der Waals surface area contributed by atoms with Gasteiger partial charge in [0.25, 0.3) is 0 Å². The highest BCUT2D eigenvalue weighted by Gasteiger charge is 2.21. The maximum absolute atomic E-state index is 2.43. The molecule has 0 aliphatic carbocycles. The van der Waals surface area contributed by atoms with E-state index in [9.17, 15) is 0 Å². The lowest BCUT2D eigenvalue weighted by Crippen LogP contribution is -2.10. The molecule has 69 heavy (non-hydrogen) atoms. The Labute approximate surface area is 401 Å². The standard InChI is InChI=1S/C65H46N4/c1-45-32-34-50(35-33-45)66(48-21-7-3-8-22-48)53-36-38-64-60(42-53)57-28-13-15-30-62(57)68(64)51-25-17-26-52(41-51)69-63-31-16-14-29-58(63)61-43-54(37-39-65(61)69)67(49-23-9-4-10-24-49)55-40-47-20-11-12-27-56(47)59(44-55)46-18-5-2-6-19-46/h2-44H,1H3. The number of aromatic nitrogens is 2. The van der Waals surface area contributed by atoms with Crippen LogP contribution in [0.15, 0.2) is 261 Å². The summed E-state index contributed by atoms with van der Waals surface area (Å²) in [6.07, 6.45) is 0. The van der Waals surface area contributed by atoms with Crippen LogP contribution in [0.2, 0.25) is 0 Å². The van der Waals surface area contributed by atoms with Gasteiger partial charge in [-0.05, 0) is 144 Å². The third kappa shape index (κ3) is 6.92. The molecule has 0 atom stereocenters. The van der Waals surface area contributed by atoms with Gasteiger partial charge in [0.15, 0.2) is 0 Å². The fraction of sp³-hybridized carbons (Fsp3) is 0.0154. The smallest absolute Gasteiger partial charge is 0.0542 e. The number of hydrogen-bond acceptors (Lipinski definition) is 2. The molecule has 0 amide bonds. The molecular weight excluding hydrogens is 837 g/mol. The molecule has 11 aromatic carbocycles. The van der Waals surface area contributed by atoms with E-state index in [4.69, 9.17) is 0 Å². The molecule has 0 aliphatic rings. The number of fused-ring (bicyclic) bond motifs is 7. The second-order valence-electron chi connectivity index (χ2n) is 17.9. The van der Waals surface area contributed by atoms with Gasteiger partial charge >= 0.3 is 0 Å². The highest BCUT2D eigenvalue weighted by atomic mass is 15.1. The van der Waals surface area contributed by atoms with Crippen LogP contribution in [0.5, 0.6) is 0 Å². The van der Waals surface area contributed by atoms with Gasteiger partial charge in [-0.25, -0.2) is 0 Å². The normalized spacial score (nSPS) is 11.6. The molecule has 0 unspecified atom stereocenters. The fourth-order valence-electron chi connectivity index (χ4n) is 10.6. The number of para-hydroxylation sites is 4. The lowest BCUT2D eigenvalue weighted by molar-refractivity contribution is 1.13. The SMILES string of the molecule is Cc1ccc(N(c2ccccc2)c2ccc3c(c2)c2ccccc2n3-c2cccc(-n3c4ccccc4c4cc(N(c5ccccc5)c5cc(-c6ccccc6)c6ccccc6c5)ccc43)c2)cc1. The molecule has 13 aromatic rings. The first-order valence-corrected chi connectivity index (χ1v) is 23.7. The Morgan fingerprint density at radius 1 is 0.275 bits per heavy atom. The van der Waals surface area contributed by atoms with Gasteiger partial charge in [0, 0.05) is 67.0 Å². The highest BCUT2D eigenvalue weighted by molar-refractivity contribution is 6.12. The van der Waals surface area contributed by atoms with Gasteiger partial charge in [-0.2, -0.15) is 0 Å². The van der Waals surface area contributed by atoms with Gasteiger partial charge in [-0.1, -0.05) is 151 Å². The van der Waals surface area contributed by atoms with Crippen LogP contribution in [0, 0.1) is 6.92 Å². The molecule has 0 fully saturated rings. The Hall–Kier alpha value is -9.12. The zero-order valence-electron chi connectivity index (χ0n) is 38.1. The van der Waals surface area contributed by atoms with Crippen molar-refractivity contribution in [3.63, 3.8) is 0 Å². The van der Waals surface area contributed by atoms with E-state index in [2.05, 4.69) is 287 Å². The van der Waals surface area contributed by atoms with Crippen molar-refractivity contribution in [2.75, 3.05) is 9.80 Å². The number of benzene rings is 11. The Bertz CT molecular complexity index is 4020. The van der Waals surface area contributed by atoms with E-state index in [1.54, 1.807) is 0 Å². The Morgan fingerprint density at radius 2 is 0.710 bits per heavy atom. The molecule has 4 nitrogen and oxygen atoms in total. The maximum atomic E-state index is 2.43. The molecule has 0 saturated carbocycles. The second-order valence-corrected chi connectivity index (χ2v) is 17.9. The quantitative estimate of drug-likeness (QED) is 0.144. The fourth-order valence-corrected chi connectivity index (χ4v) is 10.6. The molecule has 2 heterocycles. The van der Waals surface area contributed by atoms with E-state index < -0.39 is 0 Å². The molecular formula is C65H46N4. The van der Waals surface area contributed by atoms with Gasteiger partial charge in [0.2, 0.25) is 0 Å². The second kappa shape index (κ2) is 16.6. The maximum Gasteiger partial charge on any atom is 0.0542 e. The summed E-state index contributed by atoms with van der Waals surface area (Å²) in [5.74, 6) is 0. The van der Waals surface area contributed by atoms with Crippen molar-refractivity contribution in [1.29, 1.82) is 0 Å². The predicted molar refractivity (Wildman–Crippen MR) is 292 cm³/mol. The molecule has 4 heteroatoms. The van der Waals surface area contributed by atoms with Crippen LogP contribution in [0.4, 0.5) is 34.1 Å². The van der Waals surface area contributed by atoms with Crippen LogP contribution in [0.3, 0.4) is 0 Å². The van der Waals surface area contributed by atoms with Crippen LogP contribution in [0.1, 0.15) is 5.56 Å². The van der Waals surface area contributed by atoms with Crippen LogP contribution in [-0.2, 0) is 0 Å². The van der Waals surface area contributed by atoms with Crippen molar-refractivity contribution in [2.24, 2.45) is 0 Å². The molecule has 0 radical (unpaired) electrons. The summed E-state index contributed by atoms with van der Waals surface area (Å²) in [6, 6.07) is 94.9. The molecule has 0 aliphatic heterocycles. The molecule has 0 saturated heterocycles. The Morgan fingerprint density at radius 3 is 1.28 bits per heavy atom. The minimum atomic E-state index is 1.09. The molecule has 326 valence electrons. The summed E-state index contributed by atoms with van der Waals surface area (Å²) in [4.78, 5) is 4.75. The van der Waals surface area contributed by atoms with E-state index >= 15 is 0 Å². The third-order valence-corrected chi connectivity index (χ3v) is 13.7. The van der Waals surface area contributed by atoms with Gasteiger partial charge < -0.3 is 18.9 Å². The monoisotopic (exact) mass is 882 g/mol. The van der Waals surface area contributed by atoms with Crippen molar-refractivity contribution in [3.8, 4) is 22.5 Å². The summed E-state index contributed by atoms with van der Waals surface area (Å²) < 4.78 is 4.85. The van der Waals surface area contributed by atoms with Gasteiger partial charge in [-0.15, -0.1) is 0 Å². The van der Waals surface area contributed by atoms with E-state index in [1.165, 1.54) is 54.5 Å². The molecule has 13 rings (SSSR count). The third-order valence-electron chi connectivity index (χ3n) is 13.7. The molecule has 0 bridgehead atoms. The largest absolute Gasteiger partial charge is 0.310 e. The van der Waals surface area contributed by atoms with Crippen molar-refractivity contribution in [1.82, 2.24) is 9.13 Å². The van der Waals surface area contributed by atoms with Gasteiger partial charge in [0.1, 0.15) is 0 Å². The number of aryl methyl sites for hydroxylation is 1. The Kier molecular flexibility index (Phi) is 9.69. The van der Waals surface area contributed by atoms with Crippen molar-refractivity contribution in [3.05, 3.63) is 266 Å². The van der Waals surface area contributed by atoms with Crippen molar-refractivity contribution in [2.45, 2.75) is 6.92 Å². The minimum Gasteiger partial charge on any atom is -0.310 e. The first kappa shape index (κ1) is 40.2. The zero-order valence-corrected chi connectivity index (χ0v) is 38.1. The summed E-state index contributed by atoms with van der Waals surface area (Å²) in [5.41, 5.74) is 17.2. The van der Waals surface area contributed by atoms with E-state index in [-0.39, 0.29) is 0 Å². The van der Waals surface area contributed by atoms with Crippen LogP contribution in [0.25, 0.3) is 76.9 Å². The number of nitrogens with zero attached hydrogens (tertiary/aromatic N) is 4. The zero-order chi connectivity index (χ0) is 45.8. The van der Waals surface area contributed by atoms with Gasteiger partial charge in [-0.3, -0.25) is 0 Å². The van der Waals surface area contributed by atoms with Gasteiger partial charge in [0.05, 0.1) is 22.1 Å². The molecule has 2 aromatic heterocycles. The average molecular weight is 883 g/mol. The van der Waals surface area contributed by atoms with Crippen molar-refractivity contribution < 1.29 is 0 Å². The first-order chi connectivity index (χ1) is 34.1. The van der Waals surface area contributed by atoms with E-state index in [0.29, 0.717) is 0 Å². The first-order valence-electron chi connectivity index (χ1n) is 23.7. The topological polar surface area (TPSA) is 16.3 Å². The van der Waals surface area contributed by atoms with Crippen molar-refractivity contribution >= 4 is 88.5 Å². The summed E-state index contributed by atoms with van der Waals surface area (Å²) in [5, 5.41) is 7.26. The number of anilines is 6. The average Bonchev–Trinajstić information content (AvgIpc) is 3.92. The summed E-state index contributed by atoms with van der Waals surface area (Å²) in [6.45, 7) is 2.14. The van der Waals surface area contributed by atoms with Crippen LogP contribution < -0.4 is 9.80 Å². The summed E-state index contributed by atoms with van der Waals surface area (Å²) in [7, 11) is 0. The molecule has 0 N–H and O–H groups in total. The Balaban J connectivity index is 0.958. The predicted octanol–water partition coefficient (Wildman–Crippen LogP) is 17.9. The van der Waals surface area contributed by atoms with Crippen LogP contribution in [-0.4, -0.2) is 9.13 Å². The van der Waals surface area contributed by atoms with E-state index in [1.807, 2.05) is 0 Å². The number of rotatable bonds is 9. The lowest BCUT2D eigenvalue weighted by Gasteiger charge is -2.27.